The van der Waals surface area contributed by atoms with Crippen LogP contribution in [0.4, 0.5) is 9.59 Å². The Morgan fingerprint density at radius 2 is 1.50 bits per heavy atom. The van der Waals surface area contributed by atoms with E-state index in [2.05, 4.69) is 10.6 Å². The van der Waals surface area contributed by atoms with Gasteiger partial charge in [-0.3, -0.25) is 0 Å². The van der Waals surface area contributed by atoms with Crippen LogP contribution in [-0.4, -0.2) is 17.7 Å². The molecule has 12 heavy (non-hydrogen) atoms. The van der Waals surface area contributed by atoms with Gasteiger partial charge in [-0.2, -0.15) is 0 Å². The molecule has 6 nitrogen and oxygen atoms in total. The van der Waals surface area contributed by atoms with Crippen LogP contribution in [0.25, 0.3) is 0 Å². The van der Waals surface area contributed by atoms with Gasteiger partial charge in [0.2, 0.25) is 0 Å². The Balaban J connectivity index is 2.50. The maximum absolute atomic E-state index is 10.5. The average molecular weight is 172 g/mol. The maximum Gasteiger partial charge on any atom is 0.313 e. The molecule has 6 N–H and O–H groups in total. The van der Waals surface area contributed by atoms with Gasteiger partial charge in [0, 0.05) is 0 Å². The van der Waals surface area contributed by atoms with Gasteiger partial charge in [-0.05, 0) is 19.3 Å². The van der Waals surface area contributed by atoms with Crippen molar-refractivity contribution in [3.63, 3.8) is 0 Å². The van der Waals surface area contributed by atoms with Crippen LogP contribution < -0.4 is 22.1 Å². The number of carbonyl (C=O) groups excluding carboxylic acids is 2. The molecule has 0 radical (unpaired) electrons. The average Bonchev–Trinajstić information content (AvgIpc) is 1.80. The molecule has 1 fully saturated rings. The van der Waals surface area contributed by atoms with Crippen molar-refractivity contribution in [1.82, 2.24) is 10.6 Å². The third kappa shape index (κ3) is 1.77. The van der Waals surface area contributed by atoms with E-state index in [1.165, 1.54) is 0 Å². The molecule has 1 rings (SSSR count). The molecule has 0 heterocycles. The van der Waals surface area contributed by atoms with Crippen molar-refractivity contribution in [2.75, 3.05) is 0 Å². The fourth-order valence-electron chi connectivity index (χ4n) is 1.28. The molecule has 0 spiro atoms. The number of nitrogens with two attached hydrogens (primary N) is 2. The molecule has 0 saturated heterocycles. The summed E-state index contributed by atoms with van der Waals surface area (Å²) in [6.07, 6.45) is 2.30. The van der Waals surface area contributed by atoms with Crippen molar-refractivity contribution in [3.8, 4) is 0 Å². The number of carbonyl (C=O) groups is 2. The summed E-state index contributed by atoms with van der Waals surface area (Å²) in [5, 5.41) is 4.90. The minimum Gasteiger partial charge on any atom is -0.352 e. The van der Waals surface area contributed by atoms with Crippen molar-refractivity contribution >= 4 is 12.1 Å². The van der Waals surface area contributed by atoms with E-state index >= 15 is 0 Å². The Labute approximate surface area is 69.7 Å². The number of rotatable bonds is 2. The smallest absolute Gasteiger partial charge is 0.313 e. The SMILES string of the molecule is NC(=O)NC1(NC(N)=O)CCC1. The lowest BCUT2D eigenvalue weighted by molar-refractivity contribution is 0.150. The van der Waals surface area contributed by atoms with Crippen molar-refractivity contribution in [1.29, 1.82) is 0 Å². The quantitative estimate of drug-likeness (QED) is 0.409. The Hall–Kier alpha value is -1.46. The predicted molar refractivity (Wildman–Crippen MR) is 42.0 cm³/mol. The van der Waals surface area contributed by atoms with Crippen molar-refractivity contribution in [3.05, 3.63) is 0 Å². The van der Waals surface area contributed by atoms with Crippen molar-refractivity contribution in [2.24, 2.45) is 11.5 Å². The van der Waals surface area contributed by atoms with Gasteiger partial charge in [-0.25, -0.2) is 9.59 Å². The standard InChI is InChI=1S/C6H12N4O2/c7-4(11)9-6(2-1-3-6)10-5(8)12/h1-3H2,(H3,7,9,11)(H3,8,10,12). The minimum absolute atomic E-state index is 0.650. The summed E-state index contributed by atoms with van der Waals surface area (Å²) in [5.74, 6) is 0. The van der Waals surface area contributed by atoms with E-state index in [4.69, 9.17) is 11.5 Å². The zero-order valence-corrected chi connectivity index (χ0v) is 6.59. The molecule has 1 saturated carbocycles. The second-order valence-electron chi connectivity index (χ2n) is 2.91. The van der Waals surface area contributed by atoms with E-state index in [1.807, 2.05) is 0 Å². The summed E-state index contributed by atoms with van der Waals surface area (Å²) in [5.41, 5.74) is 9.16. The summed E-state index contributed by atoms with van der Waals surface area (Å²) < 4.78 is 0. The number of nitrogens with one attached hydrogen (secondary N) is 2. The van der Waals surface area contributed by atoms with Gasteiger partial charge in [0.15, 0.2) is 0 Å². The van der Waals surface area contributed by atoms with E-state index in [-0.39, 0.29) is 0 Å². The molecular weight excluding hydrogens is 160 g/mol. The zero-order valence-electron chi connectivity index (χ0n) is 6.59. The monoisotopic (exact) mass is 172 g/mol. The first-order valence-electron chi connectivity index (χ1n) is 3.69. The van der Waals surface area contributed by atoms with Crippen molar-refractivity contribution < 1.29 is 9.59 Å². The fraction of sp³-hybridized carbons (Fsp3) is 0.667. The number of urea groups is 2. The van der Waals surface area contributed by atoms with Crippen LogP contribution in [0.3, 0.4) is 0 Å². The number of hydrogen-bond acceptors (Lipinski definition) is 2. The van der Waals surface area contributed by atoms with Crippen LogP contribution >= 0.6 is 0 Å². The van der Waals surface area contributed by atoms with Crippen molar-refractivity contribution in [2.45, 2.75) is 24.9 Å². The lowest BCUT2D eigenvalue weighted by Gasteiger charge is -2.41. The first-order valence-corrected chi connectivity index (χ1v) is 3.69. The van der Waals surface area contributed by atoms with E-state index in [1.54, 1.807) is 0 Å². The highest BCUT2D eigenvalue weighted by molar-refractivity contribution is 5.76. The summed E-state index contributed by atoms with van der Waals surface area (Å²) >= 11 is 0. The van der Waals surface area contributed by atoms with Gasteiger partial charge in [-0.15, -0.1) is 0 Å². The van der Waals surface area contributed by atoms with E-state index in [0.29, 0.717) is 12.8 Å². The van der Waals surface area contributed by atoms with E-state index < -0.39 is 17.7 Å². The molecule has 0 atom stereocenters. The predicted octanol–water partition coefficient (Wildman–Crippen LogP) is -0.797. The zero-order chi connectivity index (χ0) is 9.19. The van der Waals surface area contributed by atoms with Gasteiger partial charge < -0.3 is 22.1 Å². The Morgan fingerprint density at radius 3 is 1.67 bits per heavy atom. The summed E-state index contributed by atoms with van der Waals surface area (Å²) in [6.45, 7) is 0. The van der Waals surface area contributed by atoms with Crippen LogP contribution in [0.5, 0.6) is 0 Å². The molecule has 1 aliphatic carbocycles. The lowest BCUT2D eigenvalue weighted by atomic mass is 9.85. The third-order valence-corrected chi connectivity index (χ3v) is 1.93. The highest BCUT2D eigenvalue weighted by Crippen LogP contribution is 2.28. The topological polar surface area (TPSA) is 110 Å². The highest BCUT2D eigenvalue weighted by atomic mass is 16.2. The van der Waals surface area contributed by atoms with Crippen LogP contribution in [0.1, 0.15) is 19.3 Å². The summed E-state index contributed by atoms with van der Waals surface area (Å²) in [7, 11) is 0. The summed E-state index contributed by atoms with van der Waals surface area (Å²) in [6, 6.07) is -1.30. The third-order valence-electron chi connectivity index (χ3n) is 1.93. The Morgan fingerprint density at radius 1 is 1.08 bits per heavy atom. The van der Waals surface area contributed by atoms with Gasteiger partial charge in [0.25, 0.3) is 0 Å². The van der Waals surface area contributed by atoms with Crippen LogP contribution in [0, 0.1) is 0 Å². The first-order chi connectivity index (χ1) is 5.54. The largest absolute Gasteiger partial charge is 0.352 e. The van der Waals surface area contributed by atoms with Gasteiger partial charge in [-0.1, -0.05) is 0 Å². The van der Waals surface area contributed by atoms with Gasteiger partial charge >= 0.3 is 12.1 Å². The molecular formula is C6H12N4O2. The first kappa shape index (κ1) is 8.63. The molecule has 4 amide bonds. The molecule has 0 unspecified atom stereocenters. The molecule has 6 heteroatoms. The number of primary amides is 2. The Bertz CT molecular complexity index is 194. The molecule has 0 aromatic rings. The second kappa shape index (κ2) is 2.88. The molecule has 0 aromatic carbocycles. The molecule has 68 valence electrons. The molecule has 0 bridgehead atoms. The van der Waals surface area contributed by atoms with Crippen LogP contribution in [0.15, 0.2) is 0 Å². The van der Waals surface area contributed by atoms with Crippen LogP contribution in [0.2, 0.25) is 0 Å². The van der Waals surface area contributed by atoms with Gasteiger partial charge in [0.1, 0.15) is 5.66 Å². The second-order valence-corrected chi connectivity index (χ2v) is 2.91. The Kier molecular flexibility index (Phi) is 2.07. The maximum atomic E-state index is 10.5. The summed E-state index contributed by atoms with van der Waals surface area (Å²) in [4.78, 5) is 21.0. The number of hydrogen-bond donors (Lipinski definition) is 4. The normalized spacial score (nSPS) is 19.0. The van der Waals surface area contributed by atoms with Gasteiger partial charge in [0.05, 0.1) is 0 Å². The lowest BCUT2D eigenvalue weighted by Crippen LogP contribution is -2.66. The molecule has 0 aromatic heterocycles. The highest BCUT2D eigenvalue weighted by Gasteiger charge is 2.38. The molecule has 0 aliphatic heterocycles. The minimum atomic E-state index is -0.683. The fourth-order valence-corrected chi connectivity index (χ4v) is 1.28. The van der Waals surface area contributed by atoms with Crippen LogP contribution in [-0.2, 0) is 0 Å². The number of amides is 4. The van der Waals surface area contributed by atoms with E-state index in [9.17, 15) is 9.59 Å². The van der Waals surface area contributed by atoms with E-state index in [0.717, 1.165) is 6.42 Å². The molecule has 1 aliphatic rings.